The molecule has 29 heavy (non-hydrogen) atoms. The summed E-state index contributed by atoms with van der Waals surface area (Å²) in [6.07, 6.45) is 2.83. The highest BCUT2D eigenvalue weighted by Crippen LogP contribution is 2.51. The highest BCUT2D eigenvalue weighted by atomic mass is 79.9. The molecule has 0 aromatic heterocycles. The molecular formula is C19H18BrNO7S. The Morgan fingerprint density at radius 3 is 2.72 bits per heavy atom. The van der Waals surface area contributed by atoms with Gasteiger partial charge in [-0.05, 0) is 43.5 Å². The van der Waals surface area contributed by atoms with Crippen molar-refractivity contribution in [3.05, 3.63) is 52.5 Å². The lowest BCUT2D eigenvalue weighted by atomic mass is 9.97. The van der Waals surface area contributed by atoms with Crippen molar-refractivity contribution < 1.29 is 32.9 Å². The van der Waals surface area contributed by atoms with E-state index >= 15 is 0 Å². The van der Waals surface area contributed by atoms with Gasteiger partial charge in [0.15, 0.2) is 11.5 Å². The number of aliphatic hydroxyl groups is 1. The van der Waals surface area contributed by atoms with E-state index in [-0.39, 0.29) is 22.7 Å². The monoisotopic (exact) mass is 483 g/mol. The van der Waals surface area contributed by atoms with Gasteiger partial charge < -0.3 is 19.7 Å². The summed E-state index contributed by atoms with van der Waals surface area (Å²) in [4.78, 5) is 11.5. The second-order valence-corrected chi connectivity index (χ2v) is 9.58. The molecular weight excluding hydrogens is 466 g/mol. The van der Waals surface area contributed by atoms with Crippen molar-refractivity contribution >= 4 is 31.9 Å². The molecule has 0 radical (unpaired) electrons. The average Bonchev–Trinajstić information content (AvgIpc) is 3.23. The molecule has 0 amide bonds. The van der Waals surface area contributed by atoms with Gasteiger partial charge in [-0.15, -0.1) is 4.72 Å². The molecule has 154 valence electrons. The van der Waals surface area contributed by atoms with Crippen LogP contribution in [0.5, 0.6) is 11.5 Å². The molecule has 8 nitrogen and oxygen atoms in total. The molecule has 2 aliphatic rings. The van der Waals surface area contributed by atoms with Crippen molar-refractivity contribution in [2.75, 3.05) is 0 Å². The Bertz CT molecular complexity index is 1070. The van der Waals surface area contributed by atoms with Crippen LogP contribution in [0.25, 0.3) is 0 Å². The number of fused-ring (bicyclic) bond motifs is 3. The second-order valence-electron chi connectivity index (χ2n) is 6.98. The number of carboxylic acids is 1. The van der Waals surface area contributed by atoms with E-state index in [2.05, 4.69) is 15.9 Å². The van der Waals surface area contributed by atoms with Crippen LogP contribution in [0.15, 0.2) is 51.8 Å². The molecule has 1 aliphatic carbocycles. The van der Waals surface area contributed by atoms with E-state index in [4.69, 9.17) is 9.47 Å². The molecule has 0 spiro atoms. The zero-order chi connectivity index (χ0) is 20.8. The fourth-order valence-electron chi connectivity index (χ4n) is 3.75. The van der Waals surface area contributed by atoms with Crippen LogP contribution in [0.4, 0.5) is 0 Å². The molecule has 4 rings (SSSR count). The summed E-state index contributed by atoms with van der Waals surface area (Å²) in [6.45, 7) is 0. The molecule has 1 aliphatic heterocycles. The zero-order valence-electron chi connectivity index (χ0n) is 15.0. The lowest BCUT2D eigenvalue weighted by Crippen LogP contribution is -2.58. The molecule has 0 bridgehead atoms. The smallest absolute Gasteiger partial charge is 0.395 e. The van der Waals surface area contributed by atoms with Gasteiger partial charge in [-0.25, -0.2) is 13.2 Å². The van der Waals surface area contributed by atoms with Crippen molar-refractivity contribution in [3.63, 3.8) is 0 Å². The van der Waals surface area contributed by atoms with Gasteiger partial charge in [0.1, 0.15) is 6.10 Å². The van der Waals surface area contributed by atoms with E-state index in [9.17, 15) is 23.4 Å². The predicted octanol–water partition coefficient (Wildman–Crippen LogP) is 2.57. The Balaban J connectivity index is 1.65. The number of aliphatic carboxylic acids is 1. The number of ether oxygens (including phenoxy) is 2. The minimum Gasteiger partial charge on any atom is -0.486 e. The van der Waals surface area contributed by atoms with Gasteiger partial charge in [0.2, 0.25) is 10.0 Å². The SMILES string of the molecule is O=C(O)C(O)(NS(=O)(=O)c1cccc(Br)c1)Oc1cccc2c1OC1CCCC21. The first-order valence-corrected chi connectivity index (χ1v) is 11.2. The Labute approximate surface area is 175 Å². The molecule has 1 fully saturated rings. The van der Waals surface area contributed by atoms with Crippen molar-refractivity contribution in [3.8, 4) is 11.5 Å². The normalized spacial score (nSPS) is 22.3. The largest absolute Gasteiger partial charge is 0.486 e. The minimum atomic E-state index is -4.41. The van der Waals surface area contributed by atoms with Gasteiger partial charge in [0.05, 0.1) is 4.90 Å². The van der Waals surface area contributed by atoms with Crippen LogP contribution in [0.2, 0.25) is 0 Å². The van der Waals surface area contributed by atoms with E-state index in [1.807, 2.05) is 6.07 Å². The third-order valence-corrected chi connectivity index (χ3v) is 6.97. The standard InChI is InChI=1S/C19H18BrNO7S/c20-11-4-1-5-12(10-11)29(25,26)21-19(24,18(22)23)28-16-9-3-7-14-13-6-2-8-15(13)27-17(14)16/h1,3-5,7,9-10,13,15,21,24H,2,6,8H2,(H,22,23). The molecule has 1 saturated carbocycles. The number of hydrogen-bond acceptors (Lipinski definition) is 6. The molecule has 2 aromatic rings. The molecule has 0 saturated heterocycles. The fourth-order valence-corrected chi connectivity index (χ4v) is 5.45. The third-order valence-electron chi connectivity index (χ3n) is 5.06. The fraction of sp³-hybridized carbons (Fsp3) is 0.316. The molecule has 2 aromatic carbocycles. The third kappa shape index (κ3) is 3.73. The van der Waals surface area contributed by atoms with Crippen LogP contribution in [-0.4, -0.2) is 36.6 Å². The summed E-state index contributed by atoms with van der Waals surface area (Å²) < 4.78 is 38.6. The summed E-state index contributed by atoms with van der Waals surface area (Å²) >= 11 is 3.16. The summed E-state index contributed by atoms with van der Waals surface area (Å²) in [5.74, 6) is -4.66. The maximum atomic E-state index is 12.6. The zero-order valence-corrected chi connectivity index (χ0v) is 17.4. The molecule has 3 N–H and O–H groups in total. The number of hydrogen-bond donors (Lipinski definition) is 3. The van der Waals surface area contributed by atoms with Crippen molar-refractivity contribution in [1.82, 2.24) is 4.72 Å². The van der Waals surface area contributed by atoms with E-state index < -0.39 is 21.9 Å². The minimum absolute atomic E-state index is 0.0222. The first-order chi connectivity index (χ1) is 13.7. The number of para-hydroxylation sites is 1. The van der Waals surface area contributed by atoms with Crippen molar-refractivity contribution in [2.45, 2.75) is 42.1 Å². The van der Waals surface area contributed by atoms with Crippen LogP contribution in [0, 0.1) is 0 Å². The van der Waals surface area contributed by atoms with Crippen LogP contribution < -0.4 is 14.2 Å². The Morgan fingerprint density at radius 2 is 2.00 bits per heavy atom. The number of sulfonamides is 1. The average molecular weight is 484 g/mol. The van der Waals surface area contributed by atoms with Crippen LogP contribution in [0.1, 0.15) is 30.7 Å². The molecule has 3 atom stereocenters. The number of halogens is 1. The summed E-state index contributed by atoms with van der Waals surface area (Å²) in [6, 6.07) is 10.6. The summed E-state index contributed by atoms with van der Waals surface area (Å²) in [7, 11) is -4.41. The van der Waals surface area contributed by atoms with Crippen molar-refractivity contribution in [2.24, 2.45) is 0 Å². The van der Waals surface area contributed by atoms with E-state index in [0.29, 0.717) is 10.2 Å². The highest BCUT2D eigenvalue weighted by Gasteiger charge is 2.46. The van der Waals surface area contributed by atoms with Crippen LogP contribution in [0.3, 0.4) is 0 Å². The molecule has 1 heterocycles. The van der Waals surface area contributed by atoms with E-state index in [0.717, 1.165) is 24.8 Å². The lowest BCUT2D eigenvalue weighted by molar-refractivity contribution is -0.197. The lowest BCUT2D eigenvalue weighted by Gasteiger charge is -2.26. The van der Waals surface area contributed by atoms with E-state index in [1.54, 1.807) is 16.9 Å². The maximum Gasteiger partial charge on any atom is 0.395 e. The Kier molecular flexibility index (Phi) is 5.06. The topological polar surface area (TPSA) is 122 Å². The Morgan fingerprint density at radius 1 is 1.24 bits per heavy atom. The van der Waals surface area contributed by atoms with Gasteiger partial charge in [-0.2, -0.15) is 0 Å². The molecule has 10 heteroatoms. The quantitative estimate of drug-likeness (QED) is 0.539. The number of carboxylic acid groups (broad SMARTS) is 1. The number of rotatable bonds is 6. The second kappa shape index (κ2) is 7.28. The highest BCUT2D eigenvalue weighted by molar-refractivity contribution is 9.10. The first kappa shape index (κ1) is 20.1. The van der Waals surface area contributed by atoms with Crippen LogP contribution >= 0.6 is 15.9 Å². The van der Waals surface area contributed by atoms with Crippen LogP contribution in [-0.2, 0) is 14.8 Å². The van der Waals surface area contributed by atoms with Crippen molar-refractivity contribution in [1.29, 1.82) is 0 Å². The van der Waals surface area contributed by atoms with Gasteiger partial charge >= 0.3 is 11.9 Å². The Hall–Kier alpha value is -2.14. The van der Waals surface area contributed by atoms with E-state index in [1.165, 1.54) is 24.3 Å². The summed E-state index contributed by atoms with van der Waals surface area (Å²) in [5, 5.41) is 20.1. The summed E-state index contributed by atoms with van der Waals surface area (Å²) in [5.41, 5.74) is 0.868. The number of carbonyl (C=O) groups is 1. The predicted molar refractivity (Wildman–Crippen MR) is 105 cm³/mol. The maximum absolute atomic E-state index is 12.6. The van der Waals surface area contributed by atoms with Gasteiger partial charge in [-0.1, -0.05) is 34.1 Å². The number of nitrogens with one attached hydrogen (secondary N) is 1. The first-order valence-electron chi connectivity index (χ1n) is 8.93. The number of benzene rings is 2. The van der Waals surface area contributed by atoms with Gasteiger partial charge in [-0.3, -0.25) is 0 Å². The molecule has 3 unspecified atom stereocenters. The van der Waals surface area contributed by atoms with Gasteiger partial charge in [0.25, 0.3) is 0 Å². The van der Waals surface area contributed by atoms with Gasteiger partial charge in [0, 0.05) is 16.0 Å².